The average molecular weight is 309 g/mol. The van der Waals surface area contributed by atoms with Gasteiger partial charge in [-0.25, -0.2) is 13.4 Å². The molecule has 1 N–H and O–H groups in total. The number of aromatic nitrogens is 1. The van der Waals surface area contributed by atoms with E-state index in [0.29, 0.717) is 23.2 Å². The normalized spacial score (nSPS) is 24.5. The highest BCUT2D eigenvalue weighted by Crippen LogP contribution is 2.38. The van der Waals surface area contributed by atoms with Gasteiger partial charge in [0.1, 0.15) is 10.7 Å². The van der Waals surface area contributed by atoms with E-state index in [1.807, 2.05) is 0 Å². The van der Waals surface area contributed by atoms with Crippen LogP contribution in [-0.4, -0.2) is 37.3 Å². The van der Waals surface area contributed by atoms with Crippen LogP contribution in [0.25, 0.3) is 0 Å². The summed E-state index contributed by atoms with van der Waals surface area (Å²) in [5, 5.41) is 2.89. The van der Waals surface area contributed by atoms with E-state index in [1.54, 1.807) is 29.7 Å². The monoisotopic (exact) mass is 309 g/mol. The quantitative estimate of drug-likeness (QED) is 0.928. The third-order valence-electron chi connectivity index (χ3n) is 4.79. The van der Waals surface area contributed by atoms with Gasteiger partial charge in [-0.05, 0) is 43.7 Å². The highest BCUT2D eigenvalue weighted by Gasteiger charge is 2.41. The lowest BCUT2D eigenvalue weighted by molar-refractivity contribution is 0.288. The molecular formula is C15H23N3O2S. The van der Waals surface area contributed by atoms with Crippen LogP contribution in [0.2, 0.25) is 0 Å². The first-order chi connectivity index (χ1) is 10.1. The molecule has 0 spiro atoms. The molecule has 0 bridgehead atoms. The minimum atomic E-state index is -3.46. The van der Waals surface area contributed by atoms with Crippen molar-refractivity contribution in [2.45, 2.75) is 49.5 Å². The molecule has 2 heterocycles. The minimum absolute atomic E-state index is 0.183. The Balaban J connectivity index is 1.93. The van der Waals surface area contributed by atoms with Crippen molar-refractivity contribution < 1.29 is 8.42 Å². The van der Waals surface area contributed by atoms with Crippen LogP contribution in [0.3, 0.4) is 0 Å². The summed E-state index contributed by atoms with van der Waals surface area (Å²) in [6.07, 6.45) is 8.40. The highest BCUT2D eigenvalue weighted by atomic mass is 32.2. The van der Waals surface area contributed by atoms with Gasteiger partial charge in [-0.15, -0.1) is 0 Å². The van der Waals surface area contributed by atoms with Crippen molar-refractivity contribution in [2.75, 3.05) is 18.9 Å². The lowest BCUT2D eigenvalue weighted by Gasteiger charge is -2.29. The highest BCUT2D eigenvalue weighted by molar-refractivity contribution is 7.89. The first-order valence-electron chi connectivity index (χ1n) is 7.79. The van der Waals surface area contributed by atoms with Gasteiger partial charge in [0.15, 0.2) is 0 Å². The molecule has 1 aromatic rings. The van der Waals surface area contributed by atoms with Gasteiger partial charge in [0.2, 0.25) is 10.0 Å². The molecule has 0 amide bonds. The van der Waals surface area contributed by atoms with Gasteiger partial charge >= 0.3 is 0 Å². The van der Waals surface area contributed by atoms with E-state index in [9.17, 15) is 8.42 Å². The summed E-state index contributed by atoms with van der Waals surface area (Å²) in [7, 11) is -1.75. The Morgan fingerprint density at radius 2 is 2.00 bits per heavy atom. The lowest BCUT2D eigenvalue weighted by atomic mass is 9.97. The van der Waals surface area contributed by atoms with Crippen molar-refractivity contribution in [1.29, 1.82) is 0 Å². The molecule has 1 unspecified atom stereocenters. The van der Waals surface area contributed by atoms with Gasteiger partial charge in [0.25, 0.3) is 0 Å². The zero-order valence-electron chi connectivity index (χ0n) is 12.5. The molecule has 0 aromatic carbocycles. The summed E-state index contributed by atoms with van der Waals surface area (Å²) in [6, 6.07) is 3.52. The summed E-state index contributed by atoms with van der Waals surface area (Å²) in [5.41, 5.74) is 0. The lowest BCUT2D eigenvalue weighted by Crippen LogP contribution is -2.39. The van der Waals surface area contributed by atoms with Gasteiger partial charge in [0, 0.05) is 25.8 Å². The fourth-order valence-corrected chi connectivity index (χ4v) is 5.70. The summed E-state index contributed by atoms with van der Waals surface area (Å²) in [6.45, 7) is 0.640. The topological polar surface area (TPSA) is 62.3 Å². The maximum absolute atomic E-state index is 13.0. The summed E-state index contributed by atoms with van der Waals surface area (Å²) < 4.78 is 27.8. The Morgan fingerprint density at radius 3 is 2.71 bits per heavy atom. The second-order valence-corrected chi connectivity index (χ2v) is 7.83. The van der Waals surface area contributed by atoms with Crippen LogP contribution in [0.1, 0.15) is 38.5 Å². The molecule has 1 saturated carbocycles. The van der Waals surface area contributed by atoms with Crippen molar-refractivity contribution in [1.82, 2.24) is 9.29 Å². The third kappa shape index (κ3) is 2.66. The summed E-state index contributed by atoms with van der Waals surface area (Å²) in [4.78, 5) is 4.44. The second-order valence-electron chi connectivity index (χ2n) is 5.97. The zero-order chi connectivity index (χ0) is 14.9. The zero-order valence-corrected chi connectivity index (χ0v) is 13.3. The Kier molecular flexibility index (Phi) is 4.17. The number of sulfonamides is 1. The third-order valence-corrected chi connectivity index (χ3v) is 6.74. The van der Waals surface area contributed by atoms with E-state index in [1.165, 1.54) is 25.7 Å². The summed E-state index contributed by atoms with van der Waals surface area (Å²) in [5.74, 6) is 0.978. The van der Waals surface area contributed by atoms with Crippen LogP contribution in [0.5, 0.6) is 0 Å². The second kappa shape index (κ2) is 5.93. The van der Waals surface area contributed by atoms with Crippen molar-refractivity contribution in [3.8, 4) is 0 Å². The van der Waals surface area contributed by atoms with Gasteiger partial charge in [-0.1, -0.05) is 12.8 Å². The number of rotatable bonds is 4. The van der Waals surface area contributed by atoms with Crippen molar-refractivity contribution in [2.24, 2.45) is 5.92 Å². The molecular weight excluding hydrogens is 286 g/mol. The van der Waals surface area contributed by atoms with Crippen LogP contribution < -0.4 is 5.32 Å². The standard InChI is InChI=1S/C15H23N3O2S/c1-16-15-14(9-4-10-17-15)21(19,20)18-11-5-8-13(18)12-6-2-3-7-12/h4,9-10,12-13H,2-3,5-8,11H2,1H3,(H,16,17). The molecule has 5 nitrogen and oxygen atoms in total. The molecule has 1 saturated heterocycles. The first-order valence-corrected chi connectivity index (χ1v) is 9.23. The van der Waals surface area contributed by atoms with Gasteiger partial charge in [-0.3, -0.25) is 0 Å². The van der Waals surface area contributed by atoms with Crippen molar-refractivity contribution in [3.63, 3.8) is 0 Å². The number of pyridine rings is 1. The van der Waals surface area contributed by atoms with E-state index in [2.05, 4.69) is 10.3 Å². The maximum Gasteiger partial charge on any atom is 0.247 e. The number of nitrogens with one attached hydrogen (secondary N) is 1. The molecule has 21 heavy (non-hydrogen) atoms. The van der Waals surface area contributed by atoms with E-state index in [4.69, 9.17) is 0 Å². The molecule has 1 aliphatic carbocycles. The number of anilines is 1. The average Bonchev–Trinajstić information content (AvgIpc) is 3.17. The molecule has 116 valence electrons. The van der Waals surface area contributed by atoms with E-state index < -0.39 is 10.0 Å². The fourth-order valence-electron chi connectivity index (χ4n) is 3.79. The molecule has 2 aliphatic rings. The van der Waals surface area contributed by atoms with Crippen LogP contribution in [0, 0.1) is 5.92 Å². The molecule has 1 aromatic heterocycles. The molecule has 1 atom stereocenters. The molecule has 1 aliphatic heterocycles. The fraction of sp³-hybridized carbons (Fsp3) is 0.667. The predicted octanol–water partition coefficient (Wildman–Crippen LogP) is 2.47. The van der Waals surface area contributed by atoms with Gasteiger partial charge < -0.3 is 5.32 Å². The van der Waals surface area contributed by atoms with Crippen LogP contribution in [-0.2, 0) is 10.0 Å². The molecule has 6 heteroatoms. The van der Waals surface area contributed by atoms with E-state index in [-0.39, 0.29) is 6.04 Å². The maximum atomic E-state index is 13.0. The van der Waals surface area contributed by atoms with Gasteiger partial charge in [0.05, 0.1) is 0 Å². The SMILES string of the molecule is CNc1ncccc1S(=O)(=O)N1CCCC1C1CCCC1. The van der Waals surface area contributed by atoms with Crippen LogP contribution in [0.4, 0.5) is 5.82 Å². The van der Waals surface area contributed by atoms with Crippen molar-refractivity contribution in [3.05, 3.63) is 18.3 Å². The summed E-state index contributed by atoms with van der Waals surface area (Å²) >= 11 is 0. The number of hydrogen-bond acceptors (Lipinski definition) is 4. The first kappa shape index (κ1) is 14.8. The number of hydrogen-bond donors (Lipinski definition) is 1. The van der Waals surface area contributed by atoms with Crippen LogP contribution in [0.15, 0.2) is 23.2 Å². The van der Waals surface area contributed by atoms with Crippen LogP contribution >= 0.6 is 0 Å². The Hall–Kier alpha value is -1.14. The van der Waals surface area contributed by atoms with E-state index >= 15 is 0 Å². The van der Waals surface area contributed by atoms with Crippen molar-refractivity contribution >= 4 is 15.8 Å². The smallest absolute Gasteiger partial charge is 0.247 e. The Morgan fingerprint density at radius 1 is 1.24 bits per heavy atom. The van der Waals surface area contributed by atoms with E-state index in [0.717, 1.165) is 12.8 Å². The minimum Gasteiger partial charge on any atom is -0.372 e. The molecule has 3 rings (SSSR count). The molecule has 2 fully saturated rings. The molecule has 0 radical (unpaired) electrons. The Labute approximate surface area is 126 Å². The van der Waals surface area contributed by atoms with Gasteiger partial charge in [-0.2, -0.15) is 4.31 Å². The number of nitrogens with zero attached hydrogens (tertiary/aromatic N) is 2. The Bertz CT molecular complexity index is 597. The largest absolute Gasteiger partial charge is 0.372 e. The predicted molar refractivity (Wildman–Crippen MR) is 82.7 cm³/mol.